The second kappa shape index (κ2) is 7.51. The molecule has 1 amide bonds. The highest BCUT2D eigenvalue weighted by molar-refractivity contribution is 7.99. The van der Waals surface area contributed by atoms with Gasteiger partial charge < -0.3 is 11.1 Å². The third-order valence-corrected chi connectivity index (χ3v) is 4.47. The first-order chi connectivity index (χ1) is 11.6. The fraction of sp³-hybridized carbons (Fsp3) is 0.118. The lowest BCUT2D eigenvalue weighted by Gasteiger charge is -2.11. The van der Waals surface area contributed by atoms with Gasteiger partial charge in [-0.3, -0.25) is 4.79 Å². The number of hydrogen-bond donors (Lipinski definition) is 2. The first-order valence-corrected chi connectivity index (χ1v) is 8.69. The van der Waals surface area contributed by atoms with Gasteiger partial charge >= 0.3 is 0 Å². The molecule has 0 fully saturated rings. The van der Waals surface area contributed by atoms with Crippen LogP contribution < -0.4 is 11.1 Å². The fourth-order valence-electron chi connectivity index (χ4n) is 2.15. The van der Waals surface area contributed by atoms with Gasteiger partial charge in [0.15, 0.2) is 5.16 Å². The Kier molecular flexibility index (Phi) is 5.17. The molecule has 2 aromatic carbocycles. The number of nitrogens with one attached hydrogen (secondary N) is 1. The summed E-state index contributed by atoms with van der Waals surface area (Å²) in [6.45, 7) is 0. The van der Waals surface area contributed by atoms with Gasteiger partial charge in [-0.15, -0.1) is 0 Å². The van der Waals surface area contributed by atoms with Gasteiger partial charge in [-0.05, 0) is 24.3 Å². The monoisotopic (exact) mass is 358 g/mol. The molecular weight excluding hydrogens is 344 g/mol. The van der Waals surface area contributed by atoms with Crippen LogP contribution in [-0.4, -0.2) is 21.6 Å². The minimum absolute atomic E-state index is 0.286. The molecular formula is C17H15ClN4OS. The lowest BCUT2D eigenvalue weighted by atomic mass is 10.2. The third-order valence-electron chi connectivity index (χ3n) is 3.29. The Balaban J connectivity index is 1.95. The number of benzene rings is 2. The Bertz CT molecular complexity index is 887. The Morgan fingerprint density at radius 3 is 2.67 bits per heavy atom. The average molecular weight is 359 g/mol. The summed E-state index contributed by atoms with van der Waals surface area (Å²) in [5, 5.41) is 5.37. The molecule has 24 heavy (non-hydrogen) atoms. The zero-order valence-corrected chi connectivity index (χ0v) is 14.3. The lowest BCUT2D eigenvalue weighted by Crippen LogP contribution is -2.11. The number of aromatic nitrogens is 2. The summed E-state index contributed by atoms with van der Waals surface area (Å²) in [5.41, 5.74) is 6.77. The van der Waals surface area contributed by atoms with E-state index in [1.54, 1.807) is 0 Å². The number of halogens is 1. The summed E-state index contributed by atoms with van der Waals surface area (Å²) in [4.78, 5) is 20.0. The van der Waals surface area contributed by atoms with Crippen LogP contribution in [0.25, 0.3) is 10.9 Å². The topological polar surface area (TPSA) is 80.9 Å². The van der Waals surface area contributed by atoms with Crippen molar-refractivity contribution in [3.63, 3.8) is 0 Å². The normalized spacial score (nSPS) is 10.7. The Labute approximate surface area is 148 Å². The number of rotatable bonds is 6. The van der Waals surface area contributed by atoms with Gasteiger partial charge in [0.2, 0.25) is 5.91 Å². The van der Waals surface area contributed by atoms with Crippen molar-refractivity contribution in [1.82, 2.24) is 9.97 Å². The summed E-state index contributed by atoms with van der Waals surface area (Å²) in [5.74, 6) is 0.882. The molecule has 0 aliphatic carbocycles. The molecule has 0 radical (unpaired) electrons. The summed E-state index contributed by atoms with van der Waals surface area (Å²) in [6, 6.07) is 15.2. The van der Waals surface area contributed by atoms with Gasteiger partial charge in [-0.2, -0.15) is 0 Å². The van der Waals surface area contributed by atoms with Crippen LogP contribution in [0.15, 0.2) is 53.7 Å². The molecule has 3 aromatic rings. The molecule has 0 unspecified atom stereocenters. The number of carbonyl (C=O) groups is 1. The summed E-state index contributed by atoms with van der Waals surface area (Å²) >= 11 is 7.62. The van der Waals surface area contributed by atoms with E-state index in [-0.39, 0.29) is 12.3 Å². The quantitative estimate of drug-likeness (QED) is 0.514. The molecule has 1 heterocycles. The Morgan fingerprint density at radius 1 is 1.12 bits per heavy atom. The number of carbonyl (C=O) groups excluding carboxylic acids is 1. The minimum atomic E-state index is -0.335. The van der Waals surface area contributed by atoms with Crippen LogP contribution in [0.2, 0.25) is 5.02 Å². The highest BCUT2D eigenvalue weighted by Gasteiger charge is 2.10. The lowest BCUT2D eigenvalue weighted by molar-refractivity contribution is -0.117. The smallest absolute Gasteiger partial charge is 0.218 e. The van der Waals surface area contributed by atoms with Crippen LogP contribution >= 0.6 is 23.4 Å². The number of hydrogen-bond acceptors (Lipinski definition) is 5. The van der Waals surface area contributed by atoms with Crippen LogP contribution in [0, 0.1) is 0 Å². The van der Waals surface area contributed by atoms with E-state index in [0.29, 0.717) is 21.7 Å². The Morgan fingerprint density at radius 2 is 1.88 bits per heavy atom. The first kappa shape index (κ1) is 16.5. The number of thioether (sulfide) groups is 1. The highest BCUT2D eigenvalue weighted by Crippen LogP contribution is 2.29. The van der Waals surface area contributed by atoms with Gasteiger partial charge in [0.05, 0.1) is 16.2 Å². The molecule has 0 saturated carbocycles. The van der Waals surface area contributed by atoms with Crippen LogP contribution in [0.4, 0.5) is 11.5 Å². The number of nitrogens with zero attached hydrogens (tertiary/aromatic N) is 2. The van der Waals surface area contributed by atoms with Gasteiger partial charge in [0.25, 0.3) is 0 Å². The van der Waals surface area contributed by atoms with Crippen molar-refractivity contribution in [1.29, 1.82) is 0 Å². The number of amides is 1. The number of fused-ring (bicyclic) bond motifs is 1. The van der Waals surface area contributed by atoms with Crippen molar-refractivity contribution in [3.05, 3.63) is 53.6 Å². The first-order valence-electron chi connectivity index (χ1n) is 7.33. The maximum absolute atomic E-state index is 10.9. The molecule has 1 aromatic heterocycles. The molecule has 0 aliphatic heterocycles. The van der Waals surface area contributed by atoms with Crippen molar-refractivity contribution in [3.8, 4) is 0 Å². The second-order valence-corrected chi connectivity index (χ2v) is 6.51. The molecule has 5 nitrogen and oxygen atoms in total. The Hall–Kier alpha value is -2.31. The fourth-order valence-corrected chi connectivity index (χ4v) is 3.14. The predicted molar refractivity (Wildman–Crippen MR) is 98.8 cm³/mol. The van der Waals surface area contributed by atoms with Crippen LogP contribution in [0.5, 0.6) is 0 Å². The maximum Gasteiger partial charge on any atom is 0.218 e. The molecule has 3 rings (SSSR count). The molecule has 0 spiro atoms. The number of primary amides is 1. The van der Waals surface area contributed by atoms with Crippen molar-refractivity contribution in [2.75, 3.05) is 11.1 Å². The molecule has 7 heteroatoms. The van der Waals surface area contributed by atoms with Gasteiger partial charge in [-0.1, -0.05) is 47.6 Å². The van der Waals surface area contributed by atoms with Gasteiger partial charge in [-0.25, -0.2) is 9.97 Å². The molecule has 0 saturated heterocycles. The average Bonchev–Trinajstić information content (AvgIpc) is 2.56. The largest absolute Gasteiger partial charge is 0.370 e. The minimum Gasteiger partial charge on any atom is -0.370 e. The summed E-state index contributed by atoms with van der Waals surface area (Å²) in [7, 11) is 0. The summed E-state index contributed by atoms with van der Waals surface area (Å²) in [6.07, 6.45) is 0.286. The summed E-state index contributed by atoms with van der Waals surface area (Å²) < 4.78 is 0. The SMILES string of the molecule is NC(=O)CCSc1nc(Nc2ccccc2Cl)c2ccccc2n1. The maximum atomic E-state index is 10.9. The van der Waals surface area contributed by atoms with E-state index in [1.807, 2.05) is 48.5 Å². The molecule has 0 atom stereocenters. The number of nitrogens with two attached hydrogens (primary N) is 1. The van der Waals surface area contributed by atoms with Crippen LogP contribution in [0.1, 0.15) is 6.42 Å². The number of anilines is 2. The zero-order chi connectivity index (χ0) is 16.9. The van der Waals surface area contributed by atoms with E-state index in [1.165, 1.54) is 11.8 Å². The van der Waals surface area contributed by atoms with E-state index in [4.69, 9.17) is 17.3 Å². The van der Waals surface area contributed by atoms with Crippen molar-refractivity contribution >= 4 is 51.7 Å². The molecule has 0 aliphatic rings. The molecule has 0 bridgehead atoms. The zero-order valence-electron chi connectivity index (χ0n) is 12.7. The van der Waals surface area contributed by atoms with E-state index >= 15 is 0 Å². The van der Waals surface area contributed by atoms with E-state index in [2.05, 4.69) is 15.3 Å². The second-order valence-electron chi connectivity index (χ2n) is 5.04. The number of para-hydroxylation sites is 2. The van der Waals surface area contributed by atoms with E-state index < -0.39 is 0 Å². The molecule has 3 N–H and O–H groups in total. The van der Waals surface area contributed by atoms with E-state index in [0.717, 1.165) is 16.6 Å². The van der Waals surface area contributed by atoms with Crippen LogP contribution in [-0.2, 0) is 4.79 Å². The predicted octanol–water partition coefficient (Wildman–Crippen LogP) is 3.99. The van der Waals surface area contributed by atoms with Crippen molar-refractivity contribution < 1.29 is 4.79 Å². The standard InChI is InChI=1S/C17H15ClN4OS/c18-12-6-2-4-8-14(12)20-16-11-5-1-3-7-13(11)21-17(22-16)24-10-9-15(19)23/h1-8H,9-10H2,(H2,19,23)(H,20,21,22). The van der Waals surface area contributed by atoms with E-state index in [9.17, 15) is 4.79 Å². The van der Waals surface area contributed by atoms with Gasteiger partial charge in [0.1, 0.15) is 5.82 Å². The third kappa shape index (κ3) is 3.96. The van der Waals surface area contributed by atoms with Crippen LogP contribution in [0.3, 0.4) is 0 Å². The van der Waals surface area contributed by atoms with Gasteiger partial charge in [0, 0.05) is 17.6 Å². The van der Waals surface area contributed by atoms with Crippen molar-refractivity contribution in [2.24, 2.45) is 5.73 Å². The van der Waals surface area contributed by atoms with Crippen molar-refractivity contribution in [2.45, 2.75) is 11.6 Å². The highest BCUT2D eigenvalue weighted by atomic mass is 35.5. The molecule has 122 valence electrons.